The highest BCUT2D eigenvalue weighted by Crippen LogP contribution is 2.28. The first-order chi connectivity index (χ1) is 3.66. The molecule has 1 rings (SSSR count). The van der Waals surface area contributed by atoms with Crippen LogP contribution in [0.25, 0.3) is 0 Å². The predicted octanol–water partition coefficient (Wildman–Crippen LogP) is -1.17. The summed E-state index contributed by atoms with van der Waals surface area (Å²) in [4.78, 5) is 0. The smallest absolute Gasteiger partial charge is 0.166 e. The van der Waals surface area contributed by atoms with Crippen molar-refractivity contribution in [3.63, 3.8) is 0 Å². The number of hydrogen-bond donors (Lipinski definition) is 1. The minimum atomic E-state index is -0.133. The van der Waals surface area contributed by atoms with E-state index in [0.717, 1.165) is 0 Å². The van der Waals surface area contributed by atoms with E-state index >= 15 is 0 Å². The van der Waals surface area contributed by atoms with Crippen molar-refractivity contribution >= 4 is 0 Å². The van der Waals surface area contributed by atoms with Gasteiger partial charge in [-0.15, -0.1) is 0 Å². The van der Waals surface area contributed by atoms with Gasteiger partial charge in [-0.05, 0) is 6.92 Å². The molecule has 48 valence electrons. The molecule has 0 atom stereocenters. The average molecular weight is 118 g/mol. The molecule has 1 aliphatic rings. The van der Waals surface area contributed by atoms with Crippen LogP contribution >= 0.6 is 0 Å². The van der Waals surface area contributed by atoms with Crippen molar-refractivity contribution in [2.45, 2.75) is 6.92 Å². The Labute approximate surface area is 48.1 Å². The van der Waals surface area contributed by atoms with Crippen LogP contribution < -0.4 is 5.26 Å². The van der Waals surface area contributed by atoms with Crippen LogP contribution in [0.1, 0.15) is 6.92 Å². The fourth-order valence-electron chi connectivity index (χ4n) is 0.826. The second-order valence-electron chi connectivity index (χ2n) is 2.70. The number of aliphatic hydroxyl groups is 1. The number of aliphatic hydroxyl groups excluding tert-OH is 1. The fourth-order valence-corrected chi connectivity index (χ4v) is 0.826. The van der Waals surface area contributed by atoms with Crippen molar-refractivity contribution in [2.75, 3.05) is 19.8 Å². The van der Waals surface area contributed by atoms with E-state index in [-0.39, 0.29) is 12.0 Å². The van der Waals surface area contributed by atoms with Gasteiger partial charge in [0.1, 0.15) is 5.41 Å². The molecule has 0 saturated carbocycles. The normalized spacial score (nSPS) is 27.4. The second-order valence-corrected chi connectivity index (χ2v) is 2.70. The monoisotopic (exact) mass is 118 g/mol. The lowest BCUT2D eigenvalue weighted by molar-refractivity contribution is -0.829. The van der Waals surface area contributed by atoms with Crippen LogP contribution in [0.5, 0.6) is 0 Å². The Morgan fingerprint density at radius 2 is 2.25 bits per heavy atom. The van der Waals surface area contributed by atoms with Crippen molar-refractivity contribution in [2.24, 2.45) is 5.41 Å². The summed E-state index contributed by atoms with van der Waals surface area (Å²) in [7, 11) is 0. The molecule has 0 radical (unpaired) electrons. The van der Waals surface area contributed by atoms with Crippen LogP contribution in [0.4, 0.5) is 0 Å². The topological polar surface area (TPSA) is 46.0 Å². The summed E-state index contributed by atoms with van der Waals surface area (Å²) >= 11 is 0. The summed E-state index contributed by atoms with van der Waals surface area (Å²) in [6.07, 6.45) is 0. The summed E-state index contributed by atoms with van der Waals surface area (Å²) in [5.41, 5.74) is -0.133. The largest absolute Gasteiger partial charge is 0.534 e. The van der Waals surface area contributed by atoms with Gasteiger partial charge < -0.3 is 14.9 Å². The molecular weight excluding hydrogens is 108 g/mol. The Hall–Kier alpha value is -0.120. The van der Waals surface area contributed by atoms with Crippen LogP contribution in [0.15, 0.2) is 0 Å². The zero-order chi connectivity index (χ0) is 6.20. The average Bonchev–Trinajstić information content (AvgIpc) is 1.63. The standard InChI is InChI=1S/C5H10O3/c1-5(2-6)3-8(7)4-5/h6H,2-4H2,1H3. The molecule has 0 bridgehead atoms. The molecule has 1 saturated heterocycles. The maximum atomic E-state index is 10.2. The van der Waals surface area contributed by atoms with Gasteiger partial charge in [0, 0.05) is 0 Å². The Bertz CT molecular complexity index is 85.7. The van der Waals surface area contributed by atoms with Crippen molar-refractivity contribution < 1.29 is 14.9 Å². The molecule has 0 aromatic heterocycles. The van der Waals surface area contributed by atoms with Gasteiger partial charge in [0.25, 0.3) is 0 Å². The molecule has 0 unspecified atom stereocenters. The highest BCUT2D eigenvalue weighted by Gasteiger charge is 2.42. The molecule has 0 aromatic carbocycles. The lowest BCUT2D eigenvalue weighted by Gasteiger charge is -2.42. The van der Waals surface area contributed by atoms with E-state index in [1.54, 1.807) is 4.52 Å². The SMILES string of the molecule is CC1(CO)C[O+]([O-])C1. The maximum Gasteiger partial charge on any atom is 0.166 e. The van der Waals surface area contributed by atoms with Gasteiger partial charge in [-0.3, -0.25) is 0 Å². The zero-order valence-electron chi connectivity index (χ0n) is 4.89. The summed E-state index contributed by atoms with van der Waals surface area (Å²) in [5.74, 6) is 0. The third-order valence-electron chi connectivity index (χ3n) is 1.40. The van der Waals surface area contributed by atoms with Crippen LogP contribution in [0.2, 0.25) is 0 Å². The minimum Gasteiger partial charge on any atom is -0.534 e. The Morgan fingerprint density at radius 3 is 2.38 bits per heavy atom. The zero-order valence-corrected chi connectivity index (χ0v) is 4.89. The van der Waals surface area contributed by atoms with Crippen molar-refractivity contribution in [3.05, 3.63) is 0 Å². The van der Waals surface area contributed by atoms with Crippen molar-refractivity contribution in [1.29, 1.82) is 0 Å². The molecule has 1 fully saturated rings. The fraction of sp³-hybridized carbons (Fsp3) is 1.00. The third kappa shape index (κ3) is 0.844. The first-order valence-corrected chi connectivity index (χ1v) is 2.62. The second kappa shape index (κ2) is 1.69. The molecule has 0 spiro atoms. The van der Waals surface area contributed by atoms with Gasteiger partial charge in [0.05, 0.1) is 6.61 Å². The molecule has 3 nitrogen and oxygen atoms in total. The maximum absolute atomic E-state index is 10.2. The lowest BCUT2D eigenvalue weighted by atomic mass is 9.90. The minimum absolute atomic E-state index is 0.110. The Kier molecular flexibility index (Phi) is 1.27. The molecule has 0 amide bonds. The van der Waals surface area contributed by atoms with Crippen LogP contribution in [0, 0.1) is 5.41 Å². The van der Waals surface area contributed by atoms with Gasteiger partial charge in [-0.1, -0.05) is 0 Å². The lowest BCUT2D eigenvalue weighted by Crippen LogP contribution is -2.55. The van der Waals surface area contributed by atoms with E-state index in [1.165, 1.54) is 0 Å². The molecule has 8 heavy (non-hydrogen) atoms. The van der Waals surface area contributed by atoms with Gasteiger partial charge in [0.15, 0.2) is 13.2 Å². The first-order valence-electron chi connectivity index (χ1n) is 2.62. The molecule has 3 heteroatoms. The molecule has 0 aromatic rings. The van der Waals surface area contributed by atoms with Gasteiger partial charge in [-0.2, -0.15) is 0 Å². The Balaban J connectivity index is 2.30. The quantitative estimate of drug-likeness (QED) is 0.348. The van der Waals surface area contributed by atoms with Crippen LogP contribution in [-0.4, -0.2) is 24.9 Å². The van der Waals surface area contributed by atoms with Crippen molar-refractivity contribution in [3.8, 4) is 0 Å². The molecule has 0 aliphatic carbocycles. The van der Waals surface area contributed by atoms with Gasteiger partial charge in [0.2, 0.25) is 0 Å². The predicted molar refractivity (Wildman–Crippen MR) is 26.0 cm³/mol. The van der Waals surface area contributed by atoms with E-state index in [9.17, 15) is 5.26 Å². The van der Waals surface area contributed by atoms with E-state index in [2.05, 4.69) is 0 Å². The number of rotatable bonds is 1. The van der Waals surface area contributed by atoms with Crippen LogP contribution in [-0.2, 0) is 4.52 Å². The molecule has 1 aliphatic heterocycles. The summed E-state index contributed by atoms with van der Waals surface area (Å²) in [6.45, 7) is 2.81. The van der Waals surface area contributed by atoms with E-state index in [4.69, 9.17) is 5.11 Å². The van der Waals surface area contributed by atoms with E-state index in [1.807, 2.05) is 6.92 Å². The highest BCUT2D eigenvalue weighted by molar-refractivity contribution is 4.79. The molecular formula is C5H10O3. The number of hydrogen-bond acceptors (Lipinski definition) is 2. The van der Waals surface area contributed by atoms with Gasteiger partial charge in [-0.25, -0.2) is 0 Å². The molecule has 1 heterocycles. The molecule has 1 N–H and O–H groups in total. The van der Waals surface area contributed by atoms with Gasteiger partial charge >= 0.3 is 0 Å². The summed E-state index contributed by atoms with van der Waals surface area (Å²) in [6, 6.07) is 0. The highest BCUT2D eigenvalue weighted by atomic mass is 17.2. The first kappa shape index (κ1) is 6.01. The third-order valence-corrected chi connectivity index (χ3v) is 1.40. The van der Waals surface area contributed by atoms with E-state index < -0.39 is 0 Å². The summed E-state index contributed by atoms with van der Waals surface area (Å²) in [5, 5.41) is 18.8. The van der Waals surface area contributed by atoms with Crippen LogP contribution in [0.3, 0.4) is 0 Å². The summed E-state index contributed by atoms with van der Waals surface area (Å²) < 4.78 is 1.63. The van der Waals surface area contributed by atoms with E-state index in [0.29, 0.717) is 13.2 Å². The van der Waals surface area contributed by atoms with Crippen molar-refractivity contribution in [1.82, 2.24) is 0 Å². The Morgan fingerprint density at radius 1 is 1.75 bits per heavy atom.